The topological polar surface area (TPSA) is 69.2 Å². The zero-order valence-corrected chi connectivity index (χ0v) is 7.45. The van der Waals surface area contributed by atoms with Crippen LogP contribution in [0.15, 0.2) is 18.2 Å². The van der Waals surface area contributed by atoms with Crippen LogP contribution in [-0.2, 0) is 0 Å². The van der Waals surface area contributed by atoms with E-state index in [9.17, 15) is 14.5 Å². The first kappa shape index (κ1) is 11.4. The molecule has 0 aromatic heterocycles. The van der Waals surface area contributed by atoms with Gasteiger partial charge in [-0.1, -0.05) is 13.8 Å². The molecule has 13 heavy (non-hydrogen) atoms. The average molecular weight is 186 g/mol. The standard InChI is InChI=1S/C6H5FN2O2.C2H6/c7-4-1-2-6(9(10)11)5(8)3-4;1-2/h1-3H,8H2;1-2H3. The van der Waals surface area contributed by atoms with E-state index in [0.29, 0.717) is 0 Å². The van der Waals surface area contributed by atoms with Crippen molar-refractivity contribution in [2.45, 2.75) is 13.8 Å². The molecular weight excluding hydrogens is 175 g/mol. The molecule has 0 aliphatic heterocycles. The molecule has 0 radical (unpaired) electrons. The molecule has 0 fully saturated rings. The van der Waals surface area contributed by atoms with Crippen molar-refractivity contribution >= 4 is 11.4 Å². The minimum atomic E-state index is -0.658. The molecule has 0 heterocycles. The van der Waals surface area contributed by atoms with Crippen LogP contribution in [-0.4, -0.2) is 4.92 Å². The summed E-state index contributed by atoms with van der Waals surface area (Å²) in [5.74, 6) is -0.576. The molecular formula is C8H11FN2O2. The summed E-state index contributed by atoms with van der Waals surface area (Å²) >= 11 is 0. The summed E-state index contributed by atoms with van der Waals surface area (Å²) in [5, 5.41) is 10.1. The van der Waals surface area contributed by atoms with Gasteiger partial charge in [0.2, 0.25) is 0 Å². The fraction of sp³-hybridized carbons (Fsp3) is 0.250. The van der Waals surface area contributed by atoms with Gasteiger partial charge < -0.3 is 5.73 Å². The van der Waals surface area contributed by atoms with Crippen molar-refractivity contribution in [1.82, 2.24) is 0 Å². The van der Waals surface area contributed by atoms with Crippen molar-refractivity contribution in [3.8, 4) is 0 Å². The Bertz CT molecular complexity index is 302. The van der Waals surface area contributed by atoms with Crippen LogP contribution in [0.25, 0.3) is 0 Å². The predicted molar refractivity (Wildman–Crippen MR) is 48.8 cm³/mol. The third kappa shape index (κ3) is 3.06. The SMILES string of the molecule is CC.Nc1cc(F)ccc1[N+](=O)[O-]. The Balaban J connectivity index is 0.000000671. The smallest absolute Gasteiger partial charge is 0.292 e. The summed E-state index contributed by atoms with van der Waals surface area (Å²) in [6.07, 6.45) is 0. The lowest BCUT2D eigenvalue weighted by molar-refractivity contribution is -0.383. The number of anilines is 1. The van der Waals surface area contributed by atoms with Crippen LogP contribution in [0.5, 0.6) is 0 Å². The highest BCUT2D eigenvalue weighted by molar-refractivity contribution is 5.57. The third-order valence-corrected chi connectivity index (χ3v) is 1.19. The zero-order valence-electron chi connectivity index (χ0n) is 7.45. The maximum Gasteiger partial charge on any atom is 0.292 e. The number of hydrogen-bond acceptors (Lipinski definition) is 3. The molecule has 0 saturated carbocycles. The molecule has 2 N–H and O–H groups in total. The van der Waals surface area contributed by atoms with E-state index in [1.165, 1.54) is 0 Å². The van der Waals surface area contributed by atoms with Crippen LogP contribution in [0.4, 0.5) is 15.8 Å². The molecule has 0 aliphatic rings. The van der Waals surface area contributed by atoms with Crippen molar-refractivity contribution in [3.63, 3.8) is 0 Å². The molecule has 0 spiro atoms. The summed E-state index contributed by atoms with van der Waals surface area (Å²) in [6.45, 7) is 4.00. The molecule has 5 heteroatoms. The second kappa shape index (κ2) is 5.08. The van der Waals surface area contributed by atoms with E-state index in [2.05, 4.69) is 0 Å². The molecule has 0 unspecified atom stereocenters. The van der Waals surface area contributed by atoms with E-state index in [-0.39, 0.29) is 11.4 Å². The van der Waals surface area contributed by atoms with Gasteiger partial charge in [0.15, 0.2) is 0 Å². The fourth-order valence-corrected chi connectivity index (χ4v) is 0.692. The fourth-order valence-electron chi connectivity index (χ4n) is 0.692. The molecule has 0 saturated heterocycles. The van der Waals surface area contributed by atoms with Crippen molar-refractivity contribution in [3.05, 3.63) is 34.1 Å². The average Bonchev–Trinajstić information content (AvgIpc) is 2.07. The number of nitro benzene ring substituents is 1. The van der Waals surface area contributed by atoms with Gasteiger partial charge in [0, 0.05) is 12.1 Å². The van der Waals surface area contributed by atoms with Gasteiger partial charge in [-0.25, -0.2) is 4.39 Å². The minimum absolute atomic E-state index is 0.157. The second-order valence-corrected chi connectivity index (χ2v) is 1.96. The molecule has 1 aromatic carbocycles. The van der Waals surface area contributed by atoms with Crippen LogP contribution in [0, 0.1) is 15.9 Å². The van der Waals surface area contributed by atoms with Gasteiger partial charge in [-0.15, -0.1) is 0 Å². The normalized spacial score (nSPS) is 8.54. The van der Waals surface area contributed by atoms with E-state index in [0.717, 1.165) is 18.2 Å². The highest BCUT2D eigenvalue weighted by atomic mass is 19.1. The van der Waals surface area contributed by atoms with Gasteiger partial charge in [-0.2, -0.15) is 0 Å². The van der Waals surface area contributed by atoms with E-state index < -0.39 is 10.7 Å². The number of benzene rings is 1. The Hall–Kier alpha value is -1.65. The Morgan fingerprint density at radius 2 is 2.00 bits per heavy atom. The summed E-state index contributed by atoms with van der Waals surface area (Å²) in [7, 11) is 0. The Morgan fingerprint density at radius 3 is 2.38 bits per heavy atom. The van der Waals surface area contributed by atoms with Gasteiger partial charge in [0.25, 0.3) is 5.69 Å². The van der Waals surface area contributed by atoms with E-state index >= 15 is 0 Å². The number of rotatable bonds is 1. The number of nitrogen functional groups attached to an aromatic ring is 1. The number of nitro groups is 1. The molecule has 72 valence electrons. The number of halogens is 1. The largest absolute Gasteiger partial charge is 0.393 e. The van der Waals surface area contributed by atoms with Gasteiger partial charge in [-0.3, -0.25) is 10.1 Å². The third-order valence-electron chi connectivity index (χ3n) is 1.19. The Kier molecular flexibility index (Phi) is 4.43. The molecule has 4 nitrogen and oxygen atoms in total. The maximum absolute atomic E-state index is 12.3. The van der Waals surface area contributed by atoms with Gasteiger partial charge in [-0.05, 0) is 6.07 Å². The monoisotopic (exact) mass is 186 g/mol. The lowest BCUT2D eigenvalue weighted by atomic mass is 10.3. The molecule has 0 atom stereocenters. The summed E-state index contributed by atoms with van der Waals surface area (Å²) < 4.78 is 12.3. The van der Waals surface area contributed by atoms with Crippen LogP contribution < -0.4 is 5.73 Å². The first-order chi connectivity index (χ1) is 6.11. The summed E-state index contributed by atoms with van der Waals surface area (Å²) in [6, 6.07) is 2.94. The van der Waals surface area contributed by atoms with E-state index in [1.807, 2.05) is 13.8 Å². The lowest BCUT2D eigenvalue weighted by Crippen LogP contribution is -1.95. The van der Waals surface area contributed by atoms with Crippen molar-refractivity contribution < 1.29 is 9.31 Å². The number of nitrogens with two attached hydrogens (primary N) is 1. The van der Waals surface area contributed by atoms with Crippen molar-refractivity contribution in [2.24, 2.45) is 0 Å². The zero-order chi connectivity index (χ0) is 10.4. The van der Waals surface area contributed by atoms with Crippen LogP contribution in [0.1, 0.15) is 13.8 Å². The molecule has 0 bridgehead atoms. The lowest BCUT2D eigenvalue weighted by Gasteiger charge is -1.94. The van der Waals surface area contributed by atoms with Crippen molar-refractivity contribution in [1.29, 1.82) is 0 Å². The van der Waals surface area contributed by atoms with Gasteiger partial charge >= 0.3 is 0 Å². The highest BCUT2D eigenvalue weighted by Gasteiger charge is 2.10. The number of hydrogen-bond donors (Lipinski definition) is 1. The quantitative estimate of drug-likeness (QED) is 0.415. The first-order valence-electron chi connectivity index (χ1n) is 3.80. The molecule has 0 aliphatic carbocycles. The molecule has 0 amide bonds. The van der Waals surface area contributed by atoms with Crippen LogP contribution in [0.3, 0.4) is 0 Å². The summed E-state index contributed by atoms with van der Waals surface area (Å²) in [4.78, 5) is 9.48. The van der Waals surface area contributed by atoms with Crippen LogP contribution >= 0.6 is 0 Å². The Labute approximate surface area is 75.3 Å². The summed E-state index contributed by atoms with van der Waals surface area (Å²) in [5.41, 5.74) is 4.71. The van der Waals surface area contributed by atoms with Crippen LogP contribution in [0.2, 0.25) is 0 Å². The first-order valence-corrected chi connectivity index (χ1v) is 3.80. The maximum atomic E-state index is 12.3. The predicted octanol–water partition coefficient (Wildman–Crippen LogP) is 2.34. The minimum Gasteiger partial charge on any atom is -0.393 e. The highest BCUT2D eigenvalue weighted by Crippen LogP contribution is 2.20. The van der Waals surface area contributed by atoms with Crippen molar-refractivity contribution in [2.75, 3.05) is 5.73 Å². The molecule has 1 rings (SSSR count). The Morgan fingerprint density at radius 1 is 1.46 bits per heavy atom. The van der Waals surface area contributed by atoms with E-state index in [1.54, 1.807) is 0 Å². The second-order valence-electron chi connectivity index (χ2n) is 1.96. The van der Waals surface area contributed by atoms with Gasteiger partial charge in [0.1, 0.15) is 11.5 Å². The number of nitrogens with zero attached hydrogens (tertiary/aromatic N) is 1. The van der Waals surface area contributed by atoms with E-state index in [4.69, 9.17) is 5.73 Å². The van der Waals surface area contributed by atoms with Gasteiger partial charge in [0.05, 0.1) is 4.92 Å². The molecule has 1 aromatic rings.